The summed E-state index contributed by atoms with van der Waals surface area (Å²) in [7, 11) is 0. The first-order valence-corrected chi connectivity index (χ1v) is 6.94. The fraction of sp³-hybridized carbons (Fsp3) is 0.846. The topological polar surface area (TPSA) is 56.7 Å². The van der Waals surface area contributed by atoms with E-state index < -0.39 is 0 Å². The lowest BCUT2D eigenvalue weighted by Gasteiger charge is -2.20. The molecule has 0 amide bonds. The highest BCUT2D eigenvalue weighted by Gasteiger charge is 2.39. The monoisotopic (exact) mass is 234 g/mol. The molecule has 1 heterocycles. The van der Waals surface area contributed by atoms with Crippen LogP contribution in [0.4, 0.5) is 0 Å². The summed E-state index contributed by atoms with van der Waals surface area (Å²) in [5.74, 6) is 2.85. The molecule has 1 aromatic rings. The molecule has 0 radical (unpaired) electrons. The van der Waals surface area contributed by atoms with E-state index in [1.54, 1.807) is 0 Å². The van der Waals surface area contributed by atoms with Crippen molar-refractivity contribution in [1.29, 1.82) is 0 Å². The van der Waals surface area contributed by atoms with Crippen molar-refractivity contribution in [3.63, 3.8) is 0 Å². The van der Waals surface area contributed by atoms with Crippen LogP contribution in [0.25, 0.3) is 0 Å². The maximum absolute atomic E-state index is 5.50. The molecule has 1 aromatic heterocycles. The van der Waals surface area contributed by atoms with Crippen LogP contribution in [0, 0.1) is 17.8 Å². The Bertz CT molecular complexity index is 373. The lowest BCUT2D eigenvalue weighted by molar-refractivity contribution is 0.283. The second-order valence-corrected chi connectivity index (χ2v) is 5.76. The Morgan fingerprint density at radius 3 is 3.00 bits per heavy atom. The summed E-state index contributed by atoms with van der Waals surface area (Å²) >= 11 is 0. The van der Waals surface area contributed by atoms with Crippen LogP contribution in [-0.2, 0) is 13.0 Å². The first kappa shape index (κ1) is 11.2. The SMILES string of the molecule is NCCCc1cn(CC2CC3CCC2C3)nn1. The van der Waals surface area contributed by atoms with Gasteiger partial charge in [-0.15, -0.1) is 5.10 Å². The second kappa shape index (κ2) is 4.77. The molecule has 2 saturated carbocycles. The van der Waals surface area contributed by atoms with Gasteiger partial charge in [0.1, 0.15) is 0 Å². The Morgan fingerprint density at radius 1 is 1.35 bits per heavy atom. The minimum absolute atomic E-state index is 0.735. The van der Waals surface area contributed by atoms with Crippen molar-refractivity contribution in [2.45, 2.75) is 45.1 Å². The first-order valence-electron chi connectivity index (χ1n) is 6.94. The van der Waals surface area contributed by atoms with Crippen molar-refractivity contribution < 1.29 is 0 Å². The minimum atomic E-state index is 0.735. The molecule has 0 aromatic carbocycles. The van der Waals surface area contributed by atoms with E-state index in [1.165, 1.54) is 25.7 Å². The van der Waals surface area contributed by atoms with Crippen LogP contribution >= 0.6 is 0 Å². The average Bonchev–Trinajstić information content (AvgIpc) is 3.02. The van der Waals surface area contributed by atoms with E-state index >= 15 is 0 Å². The molecular weight excluding hydrogens is 212 g/mol. The molecule has 2 aliphatic rings. The van der Waals surface area contributed by atoms with E-state index in [-0.39, 0.29) is 0 Å². The molecule has 0 spiro atoms. The third kappa shape index (κ3) is 2.37. The number of aryl methyl sites for hydroxylation is 1. The van der Waals surface area contributed by atoms with E-state index in [0.29, 0.717) is 0 Å². The van der Waals surface area contributed by atoms with Gasteiger partial charge in [-0.05, 0) is 56.4 Å². The zero-order valence-electron chi connectivity index (χ0n) is 10.4. The van der Waals surface area contributed by atoms with Gasteiger partial charge in [0, 0.05) is 12.7 Å². The smallest absolute Gasteiger partial charge is 0.0827 e. The predicted molar refractivity (Wildman–Crippen MR) is 66.3 cm³/mol. The molecule has 2 fully saturated rings. The number of nitrogens with zero attached hydrogens (tertiary/aromatic N) is 3. The summed E-state index contributed by atoms with van der Waals surface area (Å²) in [6.07, 6.45) is 9.90. The van der Waals surface area contributed by atoms with Gasteiger partial charge in [-0.2, -0.15) is 0 Å². The molecule has 94 valence electrons. The summed E-state index contributed by atoms with van der Waals surface area (Å²) < 4.78 is 2.05. The maximum Gasteiger partial charge on any atom is 0.0827 e. The molecule has 3 rings (SSSR count). The number of rotatable bonds is 5. The van der Waals surface area contributed by atoms with Crippen molar-refractivity contribution in [3.05, 3.63) is 11.9 Å². The van der Waals surface area contributed by atoms with Crippen molar-refractivity contribution >= 4 is 0 Å². The van der Waals surface area contributed by atoms with Gasteiger partial charge in [0.15, 0.2) is 0 Å². The van der Waals surface area contributed by atoms with Crippen LogP contribution in [0.1, 0.15) is 37.8 Å². The largest absolute Gasteiger partial charge is 0.330 e. The molecular formula is C13H22N4. The van der Waals surface area contributed by atoms with Gasteiger partial charge in [-0.1, -0.05) is 11.6 Å². The minimum Gasteiger partial charge on any atom is -0.330 e. The number of hydrogen-bond donors (Lipinski definition) is 1. The van der Waals surface area contributed by atoms with Gasteiger partial charge in [-0.3, -0.25) is 4.68 Å². The second-order valence-electron chi connectivity index (χ2n) is 5.76. The third-order valence-electron chi connectivity index (χ3n) is 4.53. The number of hydrogen-bond acceptors (Lipinski definition) is 3. The van der Waals surface area contributed by atoms with E-state index in [2.05, 4.69) is 21.2 Å². The van der Waals surface area contributed by atoms with Crippen LogP contribution in [0.5, 0.6) is 0 Å². The van der Waals surface area contributed by atoms with Gasteiger partial charge in [-0.25, -0.2) is 0 Å². The van der Waals surface area contributed by atoms with E-state index in [9.17, 15) is 0 Å². The fourth-order valence-corrected chi connectivity index (χ4v) is 3.67. The van der Waals surface area contributed by atoms with Gasteiger partial charge in [0.2, 0.25) is 0 Å². The molecule has 4 nitrogen and oxygen atoms in total. The molecule has 17 heavy (non-hydrogen) atoms. The number of aromatic nitrogens is 3. The van der Waals surface area contributed by atoms with Gasteiger partial charge in [0.05, 0.1) is 5.69 Å². The predicted octanol–water partition coefficient (Wildman–Crippen LogP) is 1.61. The van der Waals surface area contributed by atoms with Crippen molar-refractivity contribution in [2.75, 3.05) is 6.54 Å². The van der Waals surface area contributed by atoms with Crippen LogP contribution in [0.15, 0.2) is 6.20 Å². The van der Waals surface area contributed by atoms with Gasteiger partial charge >= 0.3 is 0 Å². The summed E-state index contributed by atoms with van der Waals surface area (Å²) in [5.41, 5.74) is 6.60. The molecule has 2 aliphatic carbocycles. The average molecular weight is 234 g/mol. The highest BCUT2D eigenvalue weighted by molar-refractivity contribution is 4.94. The van der Waals surface area contributed by atoms with E-state index in [1.807, 2.05) is 0 Å². The van der Waals surface area contributed by atoms with Crippen molar-refractivity contribution in [3.8, 4) is 0 Å². The first-order chi connectivity index (χ1) is 8.35. The third-order valence-corrected chi connectivity index (χ3v) is 4.53. The van der Waals surface area contributed by atoms with E-state index in [0.717, 1.165) is 49.4 Å². The Morgan fingerprint density at radius 2 is 2.29 bits per heavy atom. The Kier molecular flexibility index (Phi) is 3.14. The lowest BCUT2D eigenvalue weighted by atomic mass is 9.89. The molecule has 2 bridgehead atoms. The molecule has 3 unspecified atom stereocenters. The van der Waals surface area contributed by atoms with Crippen molar-refractivity contribution in [1.82, 2.24) is 15.0 Å². The molecule has 3 atom stereocenters. The highest BCUT2D eigenvalue weighted by atomic mass is 15.4. The number of fused-ring (bicyclic) bond motifs is 2. The van der Waals surface area contributed by atoms with Gasteiger partial charge < -0.3 is 5.73 Å². The van der Waals surface area contributed by atoms with Gasteiger partial charge in [0.25, 0.3) is 0 Å². The van der Waals surface area contributed by atoms with Crippen LogP contribution < -0.4 is 5.73 Å². The summed E-state index contributed by atoms with van der Waals surface area (Å²) in [4.78, 5) is 0. The Balaban J connectivity index is 1.56. The van der Waals surface area contributed by atoms with Crippen LogP contribution in [0.2, 0.25) is 0 Å². The molecule has 0 saturated heterocycles. The zero-order valence-corrected chi connectivity index (χ0v) is 10.4. The standard InChI is InChI=1S/C13H22N4/c14-5-1-2-13-9-17(16-15-13)8-12-7-10-3-4-11(12)6-10/h9-12H,1-8,14H2. The van der Waals surface area contributed by atoms with Crippen molar-refractivity contribution in [2.24, 2.45) is 23.5 Å². The number of nitrogens with two attached hydrogens (primary N) is 1. The molecule has 4 heteroatoms. The Hall–Kier alpha value is -0.900. The molecule has 2 N–H and O–H groups in total. The normalized spacial score (nSPS) is 31.2. The Labute approximate surface area is 103 Å². The maximum atomic E-state index is 5.50. The summed E-state index contributed by atoms with van der Waals surface area (Å²) in [6, 6.07) is 0. The fourth-order valence-electron chi connectivity index (χ4n) is 3.67. The summed E-state index contributed by atoms with van der Waals surface area (Å²) in [5, 5.41) is 8.46. The zero-order chi connectivity index (χ0) is 11.7. The highest BCUT2D eigenvalue weighted by Crippen LogP contribution is 2.48. The van der Waals surface area contributed by atoms with Crippen LogP contribution in [0.3, 0.4) is 0 Å². The quantitative estimate of drug-likeness (QED) is 0.842. The lowest BCUT2D eigenvalue weighted by Crippen LogP contribution is -2.17. The summed E-state index contributed by atoms with van der Waals surface area (Å²) in [6.45, 7) is 1.82. The van der Waals surface area contributed by atoms with Crippen LogP contribution in [-0.4, -0.2) is 21.5 Å². The van der Waals surface area contributed by atoms with E-state index in [4.69, 9.17) is 5.73 Å². The molecule has 0 aliphatic heterocycles.